The number of nitrogens with zero attached hydrogens (tertiary/aromatic N) is 5. The van der Waals surface area contributed by atoms with Crippen molar-refractivity contribution in [3.8, 4) is 0 Å². The zero-order chi connectivity index (χ0) is 17.1. The van der Waals surface area contributed by atoms with Gasteiger partial charge in [0.05, 0.1) is 12.1 Å². The third kappa shape index (κ3) is 3.41. The second kappa shape index (κ2) is 7.00. The lowest BCUT2D eigenvalue weighted by molar-refractivity contribution is 0.107. The van der Waals surface area contributed by atoms with Crippen molar-refractivity contribution in [2.75, 3.05) is 26.7 Å². The molecule has 1 aliphatic heterocycles. The Kier molecular flexibility index (Phi) is 4.80. The predicted octanol–water partition coefficient (Wildman–Crippen LogP) is 1.57. The minimum atomic E-state index is -0.193. The normalized spacial score (nSPS) is 20.0. The molecule has 128 valence electrons. The summed E-state index contributed by atoms with van der Waals surface area (Å²) < 4.78 is 1.82. The number of piperazine rings is 1. The third-order valence-electron chi connectivity index (χ3n) is 4.50. The first-order chi connectivity index (χ1) is 11.6. The summed E-state index contributed by atoms with van der Waals surface area (Å²) in [6, 6.07) is 9.98. The van der Waals surface area contributed by atoms with E-state index in [0.717, 1.165) is 24.5 Å². The van der Waals surface area contributed by atoms with Crippen LogP contribution >= 0.6 is 0 Å². The van der Waals surface area contributed by atoms with Gasteiger partial charge in [-0.1, -0.05) is 30.3 Å². The number of urea groups is 1. The first-order valence-electron chi connectivity index (χ1n) is 8.20. The number of amides is 2. The van der Waals surface area contributed by atoms with Gasteiger partial charge in [0.15, 0.2) is 5.82 Å². The molecule has 2 heterocycles. The maximum Gasteiger partial charge on any atom is 0.318 e. The zero-order valence-corrected chi connectivity index (χ0v) is 14.4. The highest BCUT2D eigenvalue weighted by atomic mass is 16.2. The predicted molar refractivity (Wildman–Crippen MR) is 91.3 cm³/mol. The first-order valence-corrected chi connectivity index (χ1v) is 8.20. The molecule has 2 atom stereocenters. The number of likely N-dealkylation sites (N-methyl/N-ethyl adjacent to an activating group) is 1. The molecular formula is C17H24N6O. The van der Waals surface area contributed by atoms with Crippen molar-refractivity contribution in [2.45, 2.75) is 19.0 Å². The van der Waals surface area contributed by atoms with Crippen LogP contribution in [-0.2, 0) is 7.05 Å². The number of hydrogen-bond acceptors (Lipinski definition) is 4. The van der Waals surface area contributed by atoms with Crippen LogP contribution in [0.5, 0.6) is 0 Å². The van der Waals surface area contributed by atoms with Crippen molar-refractivity contribution in [2.24, 2.45) is 7.05 Å². The molecule has 1 aliphatic rings. The Balaban J connectivity index is 1.75. The highest BCUT2D eigenvalue weighted by molar-refractivity contribution is 5.75. The molecule has 2 aromatic rings. The minimum absolute atomic E-state index is 0.0525. The molecule has 3 rings (SSSR count). The van der Waals surface area contributed by atoms with Gasteiger partial charge in [0, 0.05) is 26.7 Å². The van der Waals surface area contributed by atoms with Gasteiger partial charge in [0.25, 0.3) is 0 Å². The molecule has 1 saturated heterocycles. The average Bonchev–Trinajstić information content (AvgIpc) is 3.01. The number of benzene rings is 1. The Bertz CT molecular complexity index is 685. The summed E-state index contributed by atoms with van der Waals surface area (Å²) in [5.41, 5.74) is 1.16. The van der Waals surface area contributed by atoms with Crippen molar-refractivity contribution < 1.29 is 4.79 Å². The third-order valence-corrected chi connectivity index (χ3v) is 4.50. The van der Waals surface area contributed by atoms with E-state index in [1.807, 2.05) is 41.6 Å². The lowest BCUT2D eigenvalue weighted by atomic mass is 10.0. The molecule has 1 fully saturated rings. The maximum absolute atomic E-state index is 12.8. The van der Waals surface area contributed by atoms with E-state index in [0.29, 0.717) is 6.54 Å². The van der Waals surface area contributed by atoms with Crippen LogP contribution in [0.25, 0.3) is 0 Å². The van der Waals surface area contributed by atoms with E-state index >= 15 is 0 Å². The molecule has 0 unspecified atom stereocenters. The fourth-order valence-electron chi connectivity index (χ4n) is 3.14. The number of hydrogen-bond donors (Lipinski definition) is 1. The molecule has 0 aliphatic carbocycles. The summed E-state index contributed by atoms with van der Waals surface area (Å²) in [5.74, 6) is 0.744. The topological polar surface area (TPSA) is 66.3 Å². The fraction of sp³-hybridized carbons (Fsp3) is 0.471. The van der Waals surface area contributed by atoms with Gasteiger partial charge in [0.1, 0.15) is 6.33 Å². The summed E-state index contributed by atoms with van der Waals surface area (Å²) in [5, 5.41) is 11.0. The quantitative estimate of drug-likeness (QED) is 0.929. The molecule has 0 saturated carbocycles. The highest BCUT2D eigenvalue weighted by Crippen LogP contribution is 2.25. The molecule has 7 heteroatoms. The number of aromatic nitrogens is 3. The van der Waals surface area contributed by atoms with Gasteiger partial charge < -0.3 is 19.7 Å². The van der Waals surface area contributed by atoms with Crippen molar-refractivity contribution in [3.05, 3.63) is 48.0 Å². The van der Waals surface area contributed by atoms with E-state index in [-0.39, 0.29) is 18.1 Å². The molecule has 1 N–H and O–H groups in total. The molecule has 24 heavy (non-hydrogen) atoms. The number of rotatable bonds is 3. The molecule has 2 amide bonds. The standard InChI is InChI=1S/C17H24N6O/c1-13(16-20-18-12-22(16)3)19-17(24)23-10-9-21(2)11-15(23)14-7-5-4-6-8-14/h4-8,12-13,15H,9-11H2,1-3H3,(H,19,24)/t13-,15+/m1/s1. The minimum Gasteiger partial charge on any atom is -0.328 e. The molecule has 1 aromatic carbocycles. The average molecular weight is 328 g/mol. The first kappa shape index (κ1) is 16.4. The Morgan fingerprint density at radius 1 is 1.25 bits per heavy atom. The summed E-state index contributed by atoms with van der Waals surface area (Å²) in [6.45, 7) is 4.33. The monoisotopic (exact) mass is 328 g/mol. The van der Waals surface area contributed by atoms with Gasteiger partial charge in [-0.15, -0.1) is 10.2 Å². The molecule has 0 radical (unpaired) electrons. The van der Waals surface area contributed by atoms with E-state index in [1.54, 1.807) is 6.33 Å². The smallest absolute Gasteiger partial charge is 0.318 e. The van der Waals surface area contributed by atoms with Gasteiger partial charge in [-0.05, 0) is 19.5 Å². The van der Waals surface area contributed by atoms with Gasteiger partial charge in [0.2, 0.25) is 0 Å². The second-order valence-electron chi connectivity index (χ2n) is 6.35. The van der Waals surface area contributed by atoms with Crippen LogP contribution in [0.4, 0.5) is 4.79 Å². The van der Waals surface area contributed by atoms with Gasteiger partial charge in [-0.25, -0.2) is 4.79 Å². The van der Waals surface area contributed by atoms with Crippen molar-refractivity contribution in [1.29, 1.82) is 0 Å². The van der Waals surface area contributed by atoms with Crippen LogP contribution in [0.2, 0.25) is 0 Å². The molecule has 0 bridgehead atoms. The number of carbonyl (C=O) groups is 1. The Hall–Kier alpha value is -2.41. The fourth-order valence-corrected chi connectivity index (χ4v) is 3.14. The summed E-state index contributed by atoms with van der Waals surface area (Å²) in [6.07, 6.45) is 1.64. The zero-order valence-electron chi connectivity index (χ0n) is 14.4. The Morgan fingerprint density at radius 2 is 2.00 bits per heavy atom. The van der Waals surface area contributed by atoms with Gasteiger partial charge in [-0.3, -0.25) is 0 Å². The number of nitrogens with one attached hydrogen (secondary N) is 1. The second-order valence-corrected chi connectivity index (χ2v) is 6.35. The highest BCUT2D eigenvalue weighted by Gasteiger charge is 2.31. The van der Waals surface area contributed by atoms with Crippen LogP contribution in [0, 0.1) is 0 Å². The van der Waals surface area contributed by atoms with Crippen LogP contribution in [-0.4, -0.2) is 57.3 Å². The van der Waals surface area contributed by atoms with Crippen molar-refractivity contribution in [1.82, 2.24) is 29.9 Å². The van der Waals surface area contributed by atoms with Gasteiger partial charge in [-0.2, -0.15) is 0 Å². The largest absolute Gasteiger partial charge is 0.328 e. The molecule has 1 aromatic heterocycles. The summed E-state index contributed by atoms with van der Waals surface area (Å²) in [4.78, 5) is 17.0. The molecular weight excluding hydrogens is 304 g/mol. The Morgan fingerprint density at radius 3 is 2.67 bits per heavy atom. The van der Waals surface area contributed by atoms with Crippen LogP contribution in [0.3, 0.4) is 0 Å². The summed E-state index contributed by atoms with van der Waals surface area (Å²) >= 11 is 0. The Labute approximate surface area is 142 Å². The lowest BCUT2D eigenvalue weighted by Crippen LogP contribution is -2.52. The maximum atomic E-state index is 12.8. The van der Waals surface area contributed by atoms with Crippen LogP contribution in [0.1, 0.15) is 30.4 Å². The van der Waals surface area contributed by atoms with Crippen molar-refractivity contribution >= 4 is 6.03 Å². The van der Waals surface area contributed by atoms with E-state index in [1.165, 1.54) is 0 Å². The number of aryl methyl sites for hydroxylation is 1. The van der Waals surface area contributed by atoms with E-state index in [4.69, 9.17) is 0 Å². The van der Waals surface area contributed by atoms with E-state index < -0.39 is 0 Å². The number of carbonyl (C=O) groups excluding carboxylic acids is 1. The van der Waals surface area contributed by atoms with E-state index in [2.05, 4.69) is 39.6 Å². The SMILES string of the molecule is C[C@@H](NC(=O)N1CCN(C)C[C@H]1c1ccccc1)c1nncn1C. The molecule has 7 nitrogen and oxygen atoms in total. The van der Waals surface area contributed by atoms with Crippen LogP contribution < -0.4 is 5.32 Å². The van der Waals surface area contributed by atoms with E-state index in [9.17, 15) is 4.79 Å². The molecule has 0 spiro atoms. The lowest BCUT2D eigenvalue weighted by Gasteiger charge is -2.40. The van der Waals surface area contributed by atoms with Crippen molar-refractivity contribution in [3.63, 3.8) is 0 Å². The summed E-state index contributed by atoms with van der Waals surface area (Å²) in [7, 11) is 3.97. The van der Waals surface area contributed by atoms with Crippen LogP contribution in [0.15, 0.2) is 36.7 Å². The van der Waals surface area contributed by atoms with Gasteiger partial charge >= 0.3 is 6.03 Å².